The third kappa shape index (κ3) is 3.90. The van der Waals surface area contributed by atoms with Crippen molar-refractivity contribution < 1.29 is 13.7 Å². The molecule has 0 atom stereocenters. The van der Waals surface area contributed by atoms with Gasteiger partial charge in [-0.15, -0.1) is 0 Å². The lowest BCUT2D eigenvalue weighted by molar-refractivity contribution is -0.211. The summed E-state index contributed by atoms with van der Waals surface area (Å²) in [5.41, 5.74) is 4.57. The van der Waals surface area contributed by atoms with Gasteiger partial charge in [0.05, 0.1) is 11.1 Å². The quantitative estimate of drug-likeness (QED) is 0.228. The second-order valence-electron chi connectivity index (χ2n) is 14.9. The SMILES string of the molecule is Cc1cn2cc(-c3cccc(N(CC45CCC(c6nc(C7CC7)no6)(CC4)CC5)C(=O)C45CC(F)(C4)C5)c3)c(C)cc2n1. The van der Waals surface area contributed by atoms with E-state index >= 15 is 0 Å². The van der Waals surface area contributed by atoms with E-state index in [-0.39, 0.29) is 16.7 Å². The normalized spacial score (nSPS) is 32.4. The van der Waals surface area contributed by atoms with Gasteiger partial charge in [-0.05, 0) is 119 Å². The van der Waals surface area contributed by atoms with Gasteiger partial charge in [-0.2, -0.15) is 4.98 Å². The Morgan fingerprint density at radius 1 is 1.02 bits per heavy atom. The molecule has 0 radical (unpaired) electrons. The van der Waals surface area contributed by atoms with E-state index in [4.69, 9.17) is 9.51 Å². The van der Waals surface area contributed by atoms with Crippen LogP contribution in [0.25, 0.3) is 16.8 Å². The predicted octanol–water partition coefficient (Wildman–Crippen LogP) is 7.40. The summed E-state index contributed by atoms with van der Waals surface area (Å²) in [5.74, 6) is 2.34. The number of rotatable bonds is 7. The Kier molecular flexibility index (Phi) is 5.15. The maximum absolute atomic E-state index is 14.7. The first-order chi connectivity index (χ1) is 20.7. The largest absolute Gasteiger partial charge is 0.339 e. The first kappa shape index (κ1) is 25.9. The summed E-state index contributed by atoms with van der Waals surface area (Å²) < 4.78 is 22.6. The summed E-state index contributed by atoms with van der Waals surface area (Å²) in [6.07, 6.45) is 13.8. The van der Waals surface area contributed by atoms with Gasteiger partial charge in [-0.3, -0.25) is 4.79 Å². The third-order valence-corrected chi connectivity index (χ3v) is 11.8. The van der Waals surface area contributed by atoms with E-state index in [9.17, 15) is 9.18 Å². The molecule has 3 heterocycles. The molecule has 1 aromatic carbocycles. The van der Waals surface area contributed by atoms with Crippen LogP contribution < -0.4 is 4.90 Å². The Hall–Kier alpha value is -3.55. The lowest BCUT2D eigenvalue weighted by Gasteiger charge is -2.65. The van der Waals surface area contributed by atoms with Gasteiger partial charge in [-0.1, -0.05) is 17.3 Å². The van der Waals surface area contributed by atoms with Gasteiger partial charge >= 0.3 is 0 Å². The zero-order valence-corrected chi connectivity index (χ0v) is 25.0. The molecule has 0 aliphatic heterocycles. The molecule has 4 aromatic rings. The van der Waals surface area contributed by atoms with Crippen LogP contribution in [0.2, 0.25) is 0 Å². The fourth-order valence-corrected chi connectivity index (χ4v) is 8.97. The zero-order valence-electron chi connectivity index (χ0n) is 25.0. The number of benzene rings is 1. The number of fused-ring (bicyclic) bond motifs is 4. The number of pyridine rings is 1. The average Bonchev–Trinajstić information content (AvgIpc) is 3.58. The highest BCUT2D eigenvalue weighted by Crippen LogP contribution is 2.70. The predicted molar refractivity (Wildman–Crippen MR) is 161 cm³/mol. The van der Waals surface area contributed by atoms with Crippen molar-refractivity contribution in [3.8, 4) is 11.1 Å². The minimum Gasteiger partial charge on any atom is -0.339 e. The number of hydrogen-bond donors (Lipinski definition) is 0. The molecule has 222 valence electrons. The number of carbonyl (C=O) groups is 1. The molecule has 0 spiro atoms. The van der Waals surface area contributed by atoms with E-state index in [0.717, 1.165) is 84.0 Å². The van der Waals surface area contributed by atoms with Crippen LogP contribution in [0.4, 0.5) is 10.1 Å². The maximum atomic E-state index is 14.7. The zero-order chi connectivity index (χ0) is 29.2. The summed E-state index contributed by atoms with van der Waals surface area (Å²) >= 11 is 0. The minimum atomic E-state index is -1.12. The number of halogens is 1. The van der Waals surface area contributed by atoms with Crippen LogP contribution in [-0.2, 0) is 10.2 Å². The first-order valence-electron chi connectivity index (χ1n) is 16.1. The molecule has 0 saturated heterocycles. The van der Waals surface area contributed by atoms with Crippen LogP contribution in [0.5, 0.6) is 0 Å². The monoisotopic (exact) mass is 579 g/mol. The standard InChI is InChI=1S/C35H38FN5O2/c1-22-14-28-37-23(2)16-40(28)17-27(22)25-4-3-5-26(15-25)41(31(42)34-18-35(36,19-34)20-34)21-32-8-11-33(12-9-32,13-10-32)30-38-29(39-43-30)24-6-7-24/h3-5,14-17,24H,6-13,18-21H2,1-2H3. The smallest absolute Gasteiger partial charge is 0.233 e. The number of aromatic nitrogens is 4. The Morgan fingerprint density at radius 2 is 1.77 bits per heavy atom. The highest BCUT2D eigenvalue weighted by Gasteiger charge is 2.73. The highest BCUT2D eigenvalue weighted by molar-refractivity contribution is 6.00. The van der Waals surface area contributed by atoms with Crippen molar-refractivity contribution in [2.24, 2.45) is 10.8 Å². The molecule has 43 heavy (non-hydrogen) atoms. The molecular formula is C35H38FN5O2. The summed E-state index contributed by atoms with van der Waals surface area (Å²) in [4.78, 5) is 25.9. The van der Waals surface area contributed by atoms with E-state index in [1.807, 2.05) is 18.0 Å². The Bertz CT molecular complexity index is 1760. The molecular weight excluding hydrogens is 541 g/mol. The fraction of sp³-hybridized carbons (Fsp3) is 0.543. The molecule has 7 saturated carbocycles. The van der Waals surface area contributed by atoms with Crippen molar-refractivity contribution in [2.75, 3.05) is 11.4 Å². The molecule has 8 heteroatoms. The van der Waals surface area contributed by atoms with Gasteiger partial charge in [-0.25, -0.2) is 9.37 Å². The van der Waals surface area contributed by atoms with E-state index < -0.39 is 11.1 Å². The maximum Gasteiger partial charge on any atom is 0.233 e. The van der Waals surface area contributed by atoms with Crippen molar-refractivity contribution in [1.29, 1.82) is 0 Å². The van der Waals surface area contributed by atoms with E-state index in [0.29, 0.717) is 31.7 Å². The number of imidazole rings is 1. The molecule has 3 aromatic heterocycles. The summed E-state index contributed by atoms with van der Waals surface area (Å²) in [6.45, 7) is 4.80. The van der Waals surface area contributed by atoms with E-state index in [2.05, 4.69) is 58.0 Å². The number of carbonyl (C=O) groups excluding carboxylic acids is 1. The van der Waals surface area contributed by atoms with Crippen LogP contribution in [-0.4, -0.2) is 37.6 Å². The summed E-state index contributed by atoms with van der Waals surface area (Å²) in [5, 5.41) is 4.33. The molecule has 7 aliphatic rings. The molecule has 7 nitrogen and oxygen atoms in total. The van der Waals surface area contributed by atoms with Crippen LogP contribution in [0.1, 0.15) is 99.5 Å². The molecule has 0 unspecified atom stereocenters. The van der Waals surface area contributed by atoms with Crippen LogP contribution in [0.15, 0.2) is 47.2 Å². The fourth-order valence-electron chi connectivity index (χ4n) is 8.97. The number of anilines is 1. The van der Waals surface area contributed by atoms with Gasteiger partial charge in [0.1, 0.15) is 11.3 Å². The third-order valence-electron chi connectivity index (χ3n) is 11.8. The number of amides is 1. The Balaban J connectivity index is 1.03. The number of nitrogens with zero attached hydrogens (tertiary/aromatic N) is 5. The summed E-state index contributed by atoms with van der Waals surface area (Å²) in [6, 6.07) is 10.5. The average molecular weight is 580 g/mol. The van der Waals surface area contributed by atoms with Crippen LogP contribution in [0, 0.1) is 24.7 Å². The Morgan fingerprint density at radius 3 is 2.47 bits per heavy atom. The van der Waals surface area contributed by atoms with Gasteiger partial charge in [0.25, 0.3) is 0 Å². The Labute approximate surface area is 250 Å². The number of alkyl halides is 1. The second kappa shape index (κ2) is 8.54. The van der Waals surface area contributed by atoms with E-state index in [1.165, 1.54) is 12.8 Å². The number of hydrogen-bond acceptors (Lipinski definition) is 5. The van der Waals surface area contributed by atoms with Crippen LogP contribution >= 0.6 is 0 Å². The van der Waals surface area contributed by atoms with Gasteiger partial charge in [0, 0.05) is 41.5 Å². The van der Waals surface area contributed by atoms with Crippen molar-refractivity contribution in [3.63, 3.8) is 0 Å². The number of aryl methyl sites for hydroxylation is 2. The topological polar surface area (TPSA) is 76.5 Å². The minimum absolute atomic E-state index is 0.0209. The van der Waals surface area contributed by atoms with E-state index in [1.54, 1.807) is 0 Å². The molecule has 4 bridgehead atoms. The van der Waals surface area contributed by atoms with Crippen molar-refractivity contribution in [1.82, 2.24) is 19.5 Å². The van der Waals surface area contributed by atoms with Crippen LogP contribution in [0.3, 0.4) is 0 Å². The summed E-state index contributed by atoms with van der Waals surface area (Å²) in [7, 11) is 0. The van der Waals surface area contributed by atoms with Crippen molar-refractivity contribution >= 4 is 17.2 Å². The first-order valence-corrected chi connectivity index (χ1v) is 16.1. The van der Waals surface area contributed by atoms with Gasteiger partial charge < -0.3 is 13.8 Å². The molecule has 7 aliphatic carbocycles. The van der Waals surface area contributed by atoms with Gasteiger partial charge in [0.2, 0.25) is 11.8 Å². The van der Waals surface area contributed by atoms with Gasteiger partial charge in [0.15, 0.2) is 5.82 Å². The van der Waals surface area contributed by atoms with Crippen molar-refractivity contribution in [2.45, 2.75) is 101 Å². The lowest BCUT2D eigenvalue weighted by Crippen LogP contribution is -2.71. The lowest BCUT2D eigenvalue weighted by atomic mass is 9.41. The molecule has 1 amide bonds. The molecule has 11 rings (SSSR count). The molecule has 0 N–H and O–H groups in total. The molecule has 7 fully saturated rings. The van der Waals surface area contributed by atoms with Crippen molar-refractivity contribution in [3.05, 3.63) is 65.7 Å². The second-order valence-corrected chi connectivity index (χ2v) is 14.9. The highest BCUT2D eigenvalue weighted by atomic mass is 19.1.